The third-order valence-corrected chi connectivity index (χ3v) is 3.22. The van der Waals surface area contributed by atoms with Gasteiger partial charge >= 0.3 is 0 Å². The molecule has 0 fully saturated rings. The van der Waals surface area contributed by atoms with E-state index in [0.29, 0.717) is 17.8 Å². The molecule has 0 saturated carbocycles. The number of anilines is 1. The van der Waals surface area contributed by atoms with Gasteiger partial charge in [-0.2, -0.15) is 5.26 Å². The molecule has 1 amide bonds. The Labute approximate surface area is 128 Å². The number of nitrogens with zero attached hydrogens (tertiary/aromatic N) is 1. The van der Waals surface area contributed by atoms with Crippen LogP contribution < -0.4 is 10.6 Å². The van der Waals surface area contributed by atoms with Crippen LogP contribution in [0.3, 0.4) is 0 Å². The fraction of sp³-hybridized carbons (Fsp3) is 0.176. The van der Waals surface area contributed by atoms with Gasteiger partial charge in [-0.05, 0) is 36.8 Å². The number of nitrogens with one attached hydrogen (secondary N) is 2. The molecule has 4 nitrogen and oxygen atoms in total. The summed E-state index contributed by atoms with van der Waals surface area (Å²) in [6.45, 7) is 2.18. The Morgan fingerprint density at radius 1 is 1.23 bits per heavy atom. The van der Waals surface area contributed by atoms with Crippen molar-refractivity contribution in [2.24, 2.45) is 0 Å². The Morgan fingerprint density at radius 3 is 2.59 bits per heavy atom. The van der Waals surface area contributed by atoms with Gasteiger partial charge in [0.2, 0.25) is 5.91 Å². The van der Waals surface area contributed by atoms with E-state index in [4.69, 9.17) is 5.26 Å². The van der Waals surface area contributed by atoms with Gasteiger partial charge in [-0.3, -0.25) is 4.79 Å². The van der Waals surface area contributed by atoms with E-state index >= 15 is 0 Å². The molecular formula is C17H16FN3O. The number of carbonyl (C=O) groups excluding carboxylic acids is 1. The monoisotopic (exact) mass is 297 g/mol. The number of amides is 1. The molecule has 5 heteroatoms. The Bertz CT molecular complexity index is 692. The van der Waals surface area contributed by atoms with Crippen molar-refractivity contribution in [1.82, 2.24) is 5.32 Å². The lowest BCUT2D eigenvalue weighted by Gasteiger charge is -2.14. The first-order valence-corrected chi connectivity index (χ1v) is 6.88. The molecule has 112 valence electrons. The highest BCUT2D eigenvalue weighted by molar-refractivity contribution is 5.95. The van der Waals surface area contributed by atoms with E-state index in [1.807, 2.05) is 6.07 Å². The Hall–Kier alpha value is -2.71. The normalized spacial score (nSPS) is 11.5. The van der Waals surface area contributed by atoms with Gasteiger partial charge in [0.25, 0.3) is 0 Å². The van der Waals surface area contributed by atoms with Gasteiger partial charge < -0.3 is 10.6 Å². The third-order valence-electron chi connectivity index (χ3n) is 3.22. The highest BCUT2D eigenvalue weighted by atomic mass is 19.1. The number of halogens is 1. The van der Waals surface area contributed by atoms with Gasteiger partial charge in [0.15, 0.2) is 0 Å². The maximum Gasteiger partial charge on any atom is 0.241 e. The summed E-state index contributed by atoms with van der Waals surface area (Å²) in [7, 11) is 0. The molecule has 1 unspecified atom stereocenters. The van der Waals surface area contributed by atoms with Gasteiger partial charge in [0, 0.05) is 6.54 Å². The maximum atomic E-state index is 12.8. The topological polar surface area (TPSA) is 64.9 Å². The predicted molar refractivity (Wildman–Crippen MR) is 82.5 cm³/mol. The molecule has 0 aliphatic heterocycles. The number of para-hydroxylation sites is 1. The van der Waals surface area contributed by atoms with E-state index in [1.165, 1.54) is 12.1 Å². The molecule has 0 heterocycles. The van der Waals surface area contributed by atoms with Crippen molar-refractivity contribution >= 4 is 11.6 Å². The summed E-state index contributed by atoms with van der Waals surface area (Å²) in [5.74, 6) is -0.521. The molecule has 0 aromatic heterocycles. The van der Waals surface area contributed by atoms with E-state index in [1.54, 1.807) is 43.3 Å². The average Bonchev–Trinajstić information content (AvgIpc) is 2.54. The van der Waals surface area contributed by atoms with Crippen LogP contribution in [0.2, 0.25) is 0 Å². The number of rotatable bonds is 5. The van der Waals surface area contributed by atoms with Crippen molar-refractivity contribution in [1.29, 1.82) is 5.26 Å². The molecule has 0 aliphatic rings. The number of benzene rings is 2. The molecule has 0 saturated heterocycles. The van der Waals surface area contributed by atoms with Crippen LogP contribution in [0.15, 0.2) is 48.5 Å². The van der Waals surface area contributed by atoms with Gasteiger partial charge in [0.1, 0.15) is 11.9 Å². The zero-order valence-electron chi connectivity index (χ0n) is 12.1. The summed E-state index contributed by atoms with van der Waals surface area (Å²) in [6, 6.07) is 14.5. The number of hydrogen-bond acceptors (Lipinski definition) is 3. The first-order chi connectivity index (χ1) is 10.6. The molecule has 0 spiro atoms. The quantitative estimate of drug-likeness (QED) is 0.892. The second-order valence-electron chi connectivity index (χ2n) is 4.88. The molecule has 2 N–H and O–H groups in total. The van der Waals surface area contributed by atoms with E-state index in [2.05, 4.69) is 10.6 Å². The molecule has 2 aromatic carbocycles. The summed E-state index contributed by atoms with van der Waals surface area (Å²) in [4.78, 5) is 12.1. The number of hydrogen-bond donors (Lipinski definition) is 2. The van der Waals surface area contributed by atoms with Crippen molar-refractivity contribution in [2.75, 3.05) is 5.32 Å². The fourth-order valence-electron chi connectivity index (χ4n) is 1.90. The standard InChI is InChI=1S/C17H16FN3O/c1-12(20-11-13-6-8-15(18)9-7-13)17(22)21-16-5-3-2-4-14(16)10-19/h2-9,12,20H,11H2,1H3,(H,21,22). The van der Waals surface area contributed by atoms with Gasteiger partial charge in [-0.25, -0.2) is 4.39 Å². The van der Waals surface area contributed by atoms with E-state index < -0.39 is 6.04 Å². The second kappa shape index (κ2) is 7.34. The lowest BCUT2D eigenvalue weighted by atomic mass is 10.1. The van der Waals surface area contributed by atoms with Crippen molar-refractivity contribution in [3.8, 4) is 6.07 Å². The van der Waals surface area contributed by atoms with Crippen LogP contribution in [-0.2, 0) is 11.3 Å². The van der Waals surface area contributed by atoms with E-state index in [-0.39, 0.29) is 11.7 Å². The summed E-state index contributed by atoms with van der Waals surface area (Å²) >= 11 is 0. The predicted octanol–water partition coefficient (Wildman–Crippen LogP) is 2.81. The summed E-state index contributed by atoms with van der Waals surface area (Å²) in [5, 5.41) is 14.8. The molecule has 0 radical (unpaired) electrons. The molecule has 2 rings (SSSR count). The minimum atomic E-state index is -0.447. The summed E-state index contributed by atoms with van der Waals surface area (Å²) in [5.41, 5.74) is 1.80. The Kier molecular flexibility index (Phi) is 5.23. The lowest BCUT2D eigenvalue weighted by Crippen LogP contribution is -2.37. The Balaban J connectivity index is 1.92. The van der Waals surface area contributed by atoms with Gasteiger partial charge in [-0.1, -0.05) is 24.3 Å². The van der Waals surface area contributed by atoms with E-state index in [0.717, 1.165) is 5.56 Å². The highest BCUT2D eigenvalue weighted by Gasteiger charge is 2.13. The largest absolute Gasteiger partial charge is 0.324 e. The molecule has 2 aromatic rings. The zero-order chi connectivity index (χ0) is 15.9. The van der Waals surface area contributed by atoms with Crippen LogP contribution in [0.5, 0.6) is 0 Å². The molecule has 22 heavy (non-hydrogen) atoms. The molecule has 0 aliphatic carbocycles. The average molecular weight is 297 g/mol. The van der Waals surface area contributed by atoms with Crippen LogP contribution in [0, 0.1) is 17.1 Å². The second-order valence-corrected chi connectivity index (χ2v) is 4.88. The smallest absolute Gasteiger partial charge is 0.241 e. The van der Waals surface area contributed by atoms with Crippen LogP contribution in [0.25, 0.3) is 0 Å². The van der Waals surface area contributed by atoms with Crippen LogP contribution in [-0.4, -0.2) is 11.9 Å². The van der Waals surface area contributed by atoms with Crippen molar-refractivity contribution in [3.05, 3.63) is 65.5 Å². The lowest BCUT2D eigenvalue weighted by molar-refractivity contribution is -0.117. The van der Waals surface area contributed by atoms with Crippen molar-refractivity contribution in [2.45, 2.75) is 19.5 Å². The summed E-state index contributed by atoms with van der Waals surface area (Å²) < 4.78 is 12.8. The number of nitriles is 1. The Morgan fingerprint density at radius 2 is 1.91 bits per heavy atom. The summed E-state index contributed by atoms with van der Waals surface area (Å²) in [6.07, 6.45) is 0. The fourth-order valence-corrected chi connectivity index (χ4v) is 1.90. The van der Waals surface area contributed by atoms with Gasteiger partial charge in [0.05, 0.1) is 17.3 Å². The molecular weight excluding hydrogens is 281 g/mol. The maximum absolute atomic E-state index is 12.8. The first-order valence-electron chi connectivity index (χ1n) is 6.88. The van der Waals surface area contributed by atoms with Crippen LogP contribution in [0.4, 0.5) is 10.1 Å². The minimum Gasteiger partial charge on any atom is -0.324 e. The highest BCUT2D eigenvalue weighted by Crippen LogP contribution is 2.13. The third kappa shape index (κ3) is 4.14. The van der Waals surface area contributed by atoms with Crippen molar-refractivity contribution < 1.29 is 9.18 Å². The SMILES string of the molecule is CC(NCc1ccc(F)cc1)C(=O)Nc1ccccc1C#N. The zero-order valence-corrected chi connectivity index (χ0v) is 12.1. The van der Waals surface area contributed by atoms with E-state index in [9.17, 15) is 9.18 Å². The minimum absolute atomic E-state index is 0.232. The number of carbonyl (C=O) groups is 1. The van der Waals surface area contributed by atoms with Gasteiger partial charge in [-0.15, -0.1) is 0 Å². The van der Waals surface area contributed by atoms with Crippen LogP contribution >= 0.6 is 0 Å². The van der Waals surface area contributed by atoms with Crippen LogP contribution in [0.1, 0.15) is 18.1 Å². The molecule has 0 bridgehead atoms. The van der Waals surface area contributed by atoms with Crippen molar-refractivity contribution in [3.63, 3.8) is 0 Å². The molecule has 1 atom stereocenters. The first kappa shape index (κ1) is 15.7.